The van der Waals surface area contributed by atoms with Gasteiger partial charge in [0.2, 0.25) is 0 Å². The molecular weight excluding hydrogens is 689 g/mol. The van der Waals surface area contributed by atoms with Gasteiger partial charge in [-0.25, -0.2) is 0 Å². The summed E-state index contributed by atoms with van der Waals surface area (Å²) in [5.41, 5.74) is 0. The van der Waals surface area contributed by atoms with E-state index in [9.17, 15) is 19.0 Å². The largest absolute Gasteiger partial charge is 0.756 e. The fourth-order valence-electron chi connectivity index (χ4n) is 4.80. The number of allylic oxidation sites excluding steroid dienone is 12. The normalized spacial score (nSPS) is 14.5. The summed E-state index contributed by atoms with van der Waals surface area (Å²) >= 11 is 0. The third-order valence-corrected chi connectivity index (χ3v) is 8.92. The minimum atomic E-state index is -4.64. The number of phosphoric acid groups is 1. The lowest BCUT2D eigenvalue weighted by Gasteiger charge is -2.28. The topological polar surface area (TPSA) is 111 Å². The lowest BCUT2D eigenvalue weighted by Crippen LogP contribution is -2.37. The van der Waals surface area contributed by atoms with Gasteiger partial charge in [0.1, 0.15) is 19.8 Å². The van der Waals surface area contributed by atoms with Gasteiger partial charge in [0.25, 0.3) is 7.82 Å². The van der Waals surface area contributed by atoms with Crippen LogP contribution in [0.3, 0.4) is 0 Å². The zero-order chi connectivity index (χ0) is 39.3. The lowest BCUT2D eigenvalue weighted by molar-refractivity contribution is -0.870. The molecule has 0 radical (unpaired) electrons. The summed E-state index contributed by atoms with van der Waals surface area (Å²) < 4.78 is 33.7. The number of likely N-dealkylation sites (N-methyl/N-ethyl adjacent to an activating group) is 1. The number of phosphoric ester groups is 1. The fraction of sp³-hybridized carbons (Fsp3) is 0.674. The van der Waals surface area contributed by atoms with Gasteiger partial charge in [-0.05, 0) is 77.0 Å². The number of nitrogens with zero attached hydrogens (tertiary/aromatic N) is 1. The molecule has 0 aliphatic heterocycles. The Morgan fingerprint density at radius 1 is 0.604 bits per heavy atom. The van der Waals surface area contributed by atoms with Gasteiger partial charge in [0.05, 0.1) is 27.7 Å². The van der Waals surface area contributed by atoms with Crippen molar-refractivity contribution in [3.8, 4) is 0 Å². The average molecular weight is 764 g/mol. The van der Waals surface area contributed by atoms with Crippen LogP contribution in [0.15, 0.2) is 72.9 Å². The molecule has 1 unspecified atom stereocenters. The first-order valence-electron chi connectivity index (χ1n) is 20.1. The molecule has 0 aromatic rings. The van der Waals surface area contributed by atoms with Crippen LogP contribution in [-0.4, -0.2) is 70.0 Å². The van der Waals surface area contributed by atoms with Crippen LogP contribution >= 0.6 is 7.82 Å². The quantitative estimate of drug-likeness (QED) is 0.0206. The molecular formula is C43H74NO8P. The van der Waals surface area contributed by atoms with E-state index < -0.39 is 32.5 Å². The fourth-order valence-corrected chi connectivity index (χ4v) is 5.53. The van der Waals surface area contributed by atoms with E-state index in [2.05, 4.69) is 80.7 Å². The van der Waals surface area contributed by atoms with Crippen LogP contribution in [0.4, 0.5) is 0 Å². The predicted molar refractivity (Wildman–Crippen MR) is 217 cm³/mol. The summed E-state index contributed by atoms with van der Waals surface area (Å²) in [6, 6.07) is 0. The Morgan fingerprint density at radius 3 is 1.68 bits per heavy atom. The number of carbonyl (C=O) groups excluding carboxylic acids is 2. The van der Waals surface area contributed by atoms with Gasteiger partial charge in [0, 0.05) is 12.8 Å². The average Bonchev–Trinajstić information content (AvgIpc) is 3.10. The number of hydrogen-bond donors (Lipinski definition) is 0. The van der Waals surface area contributed by atoms with Crippen molar-refractivity contribution in [3.63, 3.8) is 0 Å². The molecule has 0 saturated heterocycles. The highest BCUT2D eigenvalue weighted by atomic mass is 31.2. The van der Waals surface area contributed by atoms with E-state index >= 15 is 0 Å². The third-order valence-electron chi connectivity index (χ3n) is 7.96. The van der Waals surface area contributed by atoms with Gasteiger partial charge in [0.15, 0.2) is 6.10 Å². The summed E-state index contributed by atoms with van der Waals surface area (Å²) in [6.07, 6.45) is 42.2. The molecule has 10 heteroatoms. The summed E-state index contributed by atoms with van der Waals surface area (Å²) in [4.78, 5) is 37.4. The van der Waals surface area contributed by atoms with E-state index in [1.165, 1.54) is 19.3 Å². The first-order valence-corrected chi connectivity index (χ1v) is 21.6. The van der Waals surface area contributed by atoms with Gasteiger partial charge in [-0.3, -0.25) is 14.2 Å². The van der Waals surface area contributed by atoms with Crippen LogP contribution in [-0.2, 0) is 32.7 Å². The number of unbranched alkanes of at least 4 members (excludes halogenated alkanes) is 9. The maximum Gasteiger partial charge on any atom is 0.306 e. The zero-order valence-corrected chi connectivity index (χ0v) is 34.8. The summed E-state index contributed by atoms with van der Waals surface area (Å²) in [6.45, 7) is 3.98. The SMILES string of the molecule is CC/C=C\C/C=C\C/C=C\C/C=C\C/C=C\CCCC(=O)O[C@H](COC(=O)CCCCCCC/C=C\CCCCC)COP(=O)([O-])OCC[N+](C)(C)C. The Bertz CT molecular complexity index is 1140. The second kappa shape index (κ2) is 35.2. The highest BCUT2D eigenvalue weighted by molar-refractivity contribution is 7.45. The number of ether oxygens (including phenoxy) is 2. The molecule has 2 atom stereocenters. The van der Waals surface area contributed by atoms with Crippen molar-refractivity contribution in [2.45, 2.75) is 142 Å². The van der Waals surface area contributed by atoms with Crippen molar-refractivity contribution in [1.82, 2.24) is 0 Å². The Morgan fingerprint density at radius 2 is 1.09 bits per heavy atom. The van der Waals surface area contributed by atoms with Gasteiger partial charge < -0.3 is 27.9 Å². The van der Waals surface area contributed by atoms with E-state index in [0.717, 1.165) is 70.6 Å². The van der Waals surface area contributed by atoms with E-state index in [4.69, 9.17) is 18.5 Å². The number of carbonyl (C=O) groups is 2. The Kier molecular flexibility index (Phi) is 33.5. The van der Waals surface area contributed by atoms with Crippen molar-refractivity contribution in [2.75, 3.05) is 47.5 Å². The molecule has 53 heavy (non-hydrogen) atoms. The molecule has 0 N–H and O–H groups in total. The van der Waals surface area contributed by atoms with Crippen LogP contribution in [0.1, 0.15) is 136 Å². The molecule has 0 fully saturated rings. The van der Waals surface area contributed by atoms with E-state index in [1.54, 1.807) is 0 Å². The van der Waals surface area contributed by atoms with Crippen molar-refractivity contribution in [3.05, 3.63) is 72.9 Å². The molecule has 304 valence electrons. The van der Waals surface area contributed by atoms with Gasteiger partial charge in [-0.1, -0.05) is 119 Å². The van der Waals surface area contributed by atoms with Crippen LogP contribution in [0.2, 0.25) is 0 Å². The first-order chi connectivity index (χ1) is 25.5. The Balaban J connectivity index is 4.55. The van der Waals surface area contributed by atoms with Crippen LogP contribution in [0, 0.1) is 0 Å². The molecule has 0 rings (SSSR count). The monoisotopic (exact) mass is 764 g/mol. The first kappa shape index (κ1) is 50.5. The molecule has 0 spiro atoms. The Hall–Kier alpha value is -2.55. The molecule has 0 heterocycles. The lowest BCUT2D eigenvalue weighted by atomic mass is 10.1. The second-order valence-electron chi connectivity index (χ2n) is 14.3. The van der Waals surface area contributed by atoms with E-state index in [0.29, 0.717) is 30.3 Å². The minimum Gasteiger partial charge on any atom is -0.756 e. The standard InChI is InChI=1S/C43H74NO8P/c1-6-8-10-12-14-16-18-20-21-22-23-24-26-28-30-32-34-36-43(46)52-41(40-51-53(47,48)50-38-37-44(3,4)5)39-49-42(45)35-33-31-29-27-25-19-17-15-13-11-9-7-2/h8,10,14-17,20-21,23-24,28,30,41H,6-7,9,11-13,18-19,22,25-27,29,31-40H2,1-5H3/b10-8-,16-14-,17-15-,21-20-,24-23-,30-28-/t41-/m1/s1. The number of esters is 2. The van der Waals surface area contributed by atoms with Crippen molar-refractivity contribution >= 4 is 19.8 Å². The van der Waals surface area contributed by atoms with E-state index in [-0.39, 0.29) is 26.1 Å². The van der Waals surface area contributed by atoms with Gasteiger partial charge in [-0.15, -0.1) is 0 Å². The molecule has 0 amide bonds. The minimum absolute atomic E-state index is 0.0464. The maximum absolute atomic E-state index is 12.6. The predicted octanol–water partition coefficient (Wildman–Crippen LogP) is 10.4. The molecule has 0 aliphatic carbocycles. The summed E-state index contributed by atoms with van der Waals surface area (Å²) in [5.74, 6) is -0.923. The highest BCUT2D eigenvalue weighted by Gasteiger charge is 2.21. The van der Waals surface area contributed by atoms with E-state index in [1.807, 2.05) is 27.2 Å². The zero-order valence-electron chi connectivity index (χ0n) is 33.9. The van der Waals surface area contributed by atoms with Crippen LogP contribution in [0.25, 0.3) is 0 Å². The molecule has 0 aromatic carbocycles. The Labute approximate surface area is 323 Å². The molecule has 9 nitrogen and oxygen atoms in total. The number of hydrogen-bond acceptors (Lipinski definition) is 8. The smallest absolute Gasteiger partial charge is 0.306 e. The number of rotatable bonds is 35. The molecule has 0 saturated carbocycles. The van der Waals surface area contributed by atoms with Crippen molar-refractivity contribution in [1.29, 1.82) is 0 Å². The van der Waals surface area contributed by atoms with Crippen LogP contribution in [0.5, 0.6) is 0 Å². The summed E-state index contributed by atoms with van der Waals surface area (Å²) in [5, 5.41) is 0. The molecule has 0 aliphatic rings. The van der Waals surface area contributed by atoms with Gasteiger partial charge >= 0.3 is 11.9 Å². The van der Waals surface area contributed by atoms with Crippen molar-refractivity contribution < 1.29 is 42.1 Å². The van der Waals surface area contributed by atoms with Gasteiger partial charge in [-0.2, -0.15) is 0 Å². The summed E-state index contributed by atoms with van der Waals surface area (Å²) in [7, 11) is 1.11. The molecule has 0 bridgehead atoms. The maximum atomic E-state index is 12.6. The number of quaternary nitrogens is 1. The second-order valence-corrected chi connectivity index (χ2v) is 15.7. The third kappa shape index (κ3) is 39.0. The molecule has 0 aromatic heterocycles. The van der Waals surface area contributed by atoms with Crippen LogP contribution < -0.4 is 4.89 Å². The van der Waals surface area contributed by atoms with Crippen molar-refractivity contribution in [2.24, 2.45) is 0 Å². The highest BCUT2D eigenvalue weighted by Crippen LogP contribution is 2.38.